The van der Waals surface area contributed by atoms with Crippen LogP contribution in [0.1, 0.15) is 0 Å². The summed E-state index contributed by atoms with van der Waals surface area (Å²) in [5.41, 5.74) is 0. The Balaban J connectivity index is 3.60. The van der Waals surface area contributed by atoms with Gasteiger partial charge < -0.3 is 9.84 Å². The van der Waals surface area contributed by atoms with E-state index in [1.165, 1.54) is 0 Å². The van der Waals surface area contributed by atoms with Gasteiger partial charge in [0.2, 0.25) is 0 Å². The Morgan fingerprint density at radius 1 is 1.45 bits per heavy atom. The van der Waals surface area contributed by atoms with Crippen molar-refractivity contribution in [1.82, 2.24) is 0 Å². The molecule has 0 aliphatic heterocycles. The van der Waals surface area contributed by atoms with Gasteiger partial charge in [-0.1, -0.05) is 0 Å². The zero-order chi connectivity index (χ0) is 8.69. The van der Waals surface area contributed by atoms with E-state index in [0.717, 1.165) is 6.08 Å². The van der Waals surface area contributed by atoms with Crippen molar-refractivity contribution in [2.75, 3.05) is 13.3 Å². The van der Waals surface area contributed by atoms with Crippen LogP contribution in [0.15, 0.2) is 12.2 Å². The molecule has 11 heavy (non-hydrogen) atoms. The Bertz CT molecular complexity index is 175. The number of carboxylic acid groups (broad SMARTS) is 1. The van der Waals surface area contributed by atoms with Crippen LogP contribution in [-0.4, -0.2) is 30.3 Å². The molecule has 0 aliphatic carbocycles. The monoisotopic (exact) mass is 162 g/mol. The highest BCUT2D eigenvalue weighted by molar-refractivity contribution is 5.90. The minimum absolute atomic E-state index is 0.344. The van der Waals surface area contributed by atoms with Gasteiger partial charge in [0.05, 0.1) is 0 Å². The number of alkyl halides is 1. The average Bonchev–Trinajstić information content (AvgIpc) is 1.97. The van der Waals surface area contributed by atoms with Gasteiger partial charge in [0.15, 0.2) is 0 Å². The highest BCUT2D eigenvalue weighted by Gasteiger charge is 1.96. The van der Waals surface area contributed by atoms with Crippen molar-refractivity contribution < 1.29 is 23.8 Å². The van der Waals surface area contributed by atoms with Crippen LogP contribution in [0.2, 0.25) is 0 Å². The number of carbonyl (C=O) groups excluding carboxylic acids is 1. The summed E-state index contributed by atoms with van der Waals surface area (Å²) in [7, 11) is 0. The van der Waals surface area contributed by atoms with E-state index < -0.39 is 18.6 Å². The van der Waals surface area contributed by atoms with Gasteiger partial charge in [-0.05, 0) is 0 Å². The number of carboxylic acids is 1. The molecule has 0 aliphatic rings. The van der Waals surface area contributed by atoms with Crippen LogP contribution in [-0.2, 0) is 14.3 Å². The van der Waals surface area contributed by atoms with Crippen LogP contribution in [0.5, 0.6) is 0 Å². The third-order valence-electron chi connectivity index (χ3n) is 0.683. The topological polar surface area (TPSA) is 63.6 Å². The quantitative estimate of drug-likeness (QED) is 0.471. The van der Waals surface area contributed by atoms with Crippen molar-refractivity contribution in [3.8, 4) is 0 Å². The summed E-state index contributed by atoms with van der Waals surface area (Å²) in [6, 6.07) is 0. The standard InChI is InChI=1S/C6H7FO4/c7-3-4-11-6(10)2-1-5(8)9/h1-2H,3-4H2,(H,8,9)/b2-1-. The number of carbonyl (C=O) groups is 2. The lowest BCUT2D eigenvalue weighted by Gasteiger charge is -1.94. The first-order valence-corrected chi connectivity index (χ1v) is 2.80. The van der Waals surface area contributed by atoms with Crippen LogP contribution >= 0.6 is 0 Å². The Labute approximate surface area is 62.3 Å². The van der Waals surface area contributed by atoms with E-state index in [2.05, 4.69) is 4.74 Å². The van der Waals surface area contributed by atoms with Crippen LogP contribution < -0.4 is 0 Å². The third kappa shape index (κ3) is 6.50. The lowest BCUT2D eigenvalue weighted by atomic mass is 10.5. The van der Waals surface area contributed by atoms with Crippen molar-refractivity contribution in [2.24, 2.45) is 0 Å². The smallest absolute Gasteiger partial charge is 0.331 e. The van der Waals surface area contributed by atoms with E-state index in [-0.39, 0.29) is 6.61 Å². The molecule has 0 spiro atoms. The molecule has 0 amide bonds. The molecule has 62 valence electrons. The molecule has 0 aromatic carbocycles. The number of hydrogen-bond acceptors (Lipinski definition) is 3. The van der Waals surface area contributed by atoms with Crippen molar-refractivity contribution >= 4 is 11.9 Å². The summed E-state index contributed by atoms with van der Waals surface area (Å²) in [6.45, 7) is -1.12. The van der Waals surface area contributed by atoms with Gasteiger partial charge in [0, 0.05) is 12.2 Å². The number of halogens is 1. The highest BCUT2D eigenvalue weighted by Crippen LogP contribution is 1.82. The van der Waals surface area contributed by atoms with Crippen LogP contribution in [0.3, 0.4) is 0 Å². The highest BCUT2D eigenvalue weighted by atomic mass is 19.1. The number of rotatable bonds is 4. The molecule has 0 radical (unpaired) electrons. The van der Waals surface area contributed by atoms with Crippen molar-refractivity contribution in [1.29, 1.82) is 0 Å². The summed E-state index contributed by atoms with van der Waals surface area (Å²) in [6.07, 6.45) is 1.35. The van der Waals surface area contributed by atoms with Gasteiger partial charge >= 0.3 is 11.9 Å². The molecule has 4 nitrogen and oxygen atoms in total. The van der Waals surface area contributed by atoms with Crippen LogP contribution in [0.4, 0.5) is 4.39 Å². The second-order valence-corrected chi connectivity index (χ2v) is 1.53. The Hall–Kier alpha value is -1.39. The predicted octanol–water partition coefficient (Wildman–Crippen LogP) is 0.140. The molecular formula is C6H7FO4. The van der Waals surface area contributed by atoms with Crippen LogP contribution in [0, 0.1) is 0 Å². The summed E-state index contributed by atoms with van der Waals surface area (Å²) in [5.74, 6) is -2.10. The van der Waals surface area contributed by atoms with E-state index in [1.54, 1.807) is 0 Å². The Morgan fingerprint density at radius 2 is 2.09 bits per heavy atom. The van der Waals surface area contributed by atoms with E-state index in [0.29, 0.717) is 6.08 Å². The van der Waals surface area contributed by atoms with Crippen LogP contribution in [0.25, 0.3) is 0 Å². The minimum Gasteiger partial charge on any atom is -0.478 e. The molecule has 0 fully saturated rings. The lowest BCUT2D eigenvalue weighted by molar-refractivity contribution is -0.139. The van der Waals surface area contributed by atoms with Gasteiger partial charge in [0.25, 0.3) is 0 Å². The molecular weight excluding hydrogens is 155 g/mol. The average molecular weight is 162 g/mol. The largest absolute Gasteiger partial charge is 0.478 e. The molecule has 5 heteroatoms. The molecule has 0 heterocycles. The number of aliphatic carboxylic acids is 1. The summed E-state index contributed by atoms with van der Waals surface area (Å²) < 4.78 is 15.5. The second-order valence-electron chi connectivity index (χ2n) is 1.53. The van der Waals surface area contributed by atoms with E-state index in [4.69, 9.17) is 5.11 Å². The van der Waals surface area contributed by atoms with E-state index in [9.17, 15) is 14.0 Å². The second kappa shape index (κ2) is 5.40. The first kappa shape index (κ1) is 9.61. The molecule has 0 aromatic rings. The Morgan fingerprint density at radius 3 is 2.55 bits per heavy atom. The SMILES string of the molecule is O=C(O)/C=C\C(=O)OCCF. The molecule has 1 N–H and O–H groups in total. The van der Waals surface area contributed by atoms with Gasteiger partial charge in [-0.25, -0.2) is 14.0 Å². The first-order chi connectivity index (χ1) is 5.16. The molecule has 0 saturated heterocycles. The first-order valence-electron chi connectivity index (χ1n) is 2.80. The predicted molar refractivity (Wildman–Crippen MR) is 33.7 cm³/mol. The van der Waals surface area contributed by atoms with Crippen molar-refractivity contribution in [2.45, 2.75) is 0 Å². The fourth-order valence-electron chi connectivity index (χ4n) is 0.327. The van der Waals surface area contributed by atoms with Gasteiger partial charge in [-0.15, -0.1) is 0 Å². The molecule has 0 aromatic heterocycles. The summed E-state index contributed by atoms with van der Waals surface area (Å²) >= 11 is 0. The molecule has 0 unspecified atom stereocenters. The fourth-order valence-corrected chi connectivity index (χ4v) is 0.327. The number of esters is 1. The van der Waals surface area contributed by atoms with Crippen molar-refractivity contribution in [3.63, 3.8) is 0 Å². The van der Waals surface area contributed by atoms with Gasteiger partial charge in [0.1, 0.15) is 13.3 Å². The number of ether oxygens (including phenoxy) is 1. The normalized spacial score (nSPS) is 9.91. The molecule has 0 atom stereocenters. The minimum atomic E-state index is -1.25. The summed E-state index contributed by atoms with van der Waals surface area (Å²) in [4.78, 5) is 20.2. The maximum atomic E-state index is 11.3. The van der Waals surface area contributed by atoms with Crippen molar-refractivity contribution in [3.05, 3.63) is 12.2 Å². The zero-order valence-corrected chi connectivity index (χ0v) is 5.62. The number of hydrogen-bond donors (Lipinski definition) is 1. The third-order valence-corrected chi connectivity index (χ3v) is 0.683. The van der Waals surface area contributed by atoms with Gasteiger partial charge in [-0.2, -0.15) is 0 Å². The summed E-state index contributed by atoms with van der Waals surface area (Å²) in [5, 5.41) is 8.02. The van der Waals surface area contributed by atoms with E-state index >= 15 is 0 Å². The molecule has 0 bridgehead atoms. The fraction of sp³-hybridized carbons (Fsp3) is 0.333. The lowest BCUT2D eigenvalue weighted by Crippen LogP contribution is -2.04. The molecule has 0 rings (SSSR count). The zero-order valence-electron chi connectivity index (χ0n) is 5.62. The van der Waals surface area contributed by atoms with E-state index in [1.807, 2.05) is 0 Å². The Kier molecular flexibility index (Phi) is 4.72. The maximum Gasteiger partial charge on any atom is 0.331 e. The van der Waals surface area contributed by atoms with Gasteiger partial charge in [-0.3, -0.25) is 0 Å². The molecule has 0 saturated carbocycles. The maximum absolute atomic E-state index is 11.3.